The molecular formula is C25H30N6O2. The van der Waals surface area contributed by atoms with Gasteiger partial charge in [-0.15, -0.1) is 5.10 Å². The van der Waals surface area contributed by atoms with Gasteiger partial charge in [0.25, 0.3) is 0 Å². The van der Waals surface area contributed by atoms with E-state index in [-0.39, 0.29) is 5.41 Å². The first kappa shape index (κ1) is 22.5. The lowest BCUT2D eigenvalue weighted by molar-refractivity contribution is 0.354. The third kappa shape index (κ3) is 5.05. The Bertz CT molecular complexity index is 1230. The van der Waals surface area contributed by atoms with Gasteiger partial charge in [0.05, 0.1) is 20.8 Å². The van der Waals surface area contributed by atoms with Crippen molar-refractivity contribution in [3.05, 3.63) is 65.5 Å². The summed E-state index contributed by atoms with van der Waals surface area (Å²) in [5, 5.41) is 12.2. The Balaban J connectivity index is 1.60. The van der Waals surface area contributed by atoms with Gasteiger partial charge in [0, 0.05) is 12.0 Å². The van der Waals surface area contributed by atoms with E-state index in [4.69, 9.17) is 19.4 Å². The number of hydrogen-bond donors (Lipinski definition) is 1. The number of rotatable bonds is 8. The molecule has 172 valence electrons. The molecule has 0 unspecified atom stereocenters. The maximum atomic E-state index is 5.42. The number of aromatic nitrogens is 5. The molecule has 0 aliphatic heterocycles. The number of ether oxygens (including phenoxy) is 2. The Morgan fingerprint density at radius 1 is 0.909 bits per heavy atom. The van der Waals surface area contributed by atoms with Crippen molar-refractivity contribution in [2.75, 3.05) is 26.1 Å². The van der Waals surface area contributed by atoms with Crippen molar-refractivity contribution in [2.24, 2.45) is 0 Å². The molecule has 0 fully saturated rings. The quantitative estimate of drug-likeness (QED) is 0.433. The summed E-state index contributed by atoms with van der Waals surface area (Å²) in [5.41, 5.74) is 3.46. The Kier molecular flexibility index (Phi) is 6.44. The van der Waals surface area contributed by atoms with Gasteiger partial charge in [-0.2, -0.15) is 0 Å². The van der Waals surface area contributed by atoms with Gasteiger partial charge in [-0.25, -0.2) is 14.6 Å². The summed E-state index contributed by atoms with van der Waals surface area (Å²) in [5.74, 6) is 2.89. The van der Waals surface area contributed by atoms with Crippen molar-refractivity contribution in [1.29, 1.82) is 0 Å². The minimum absolute atomic E-state index is 0.212. The molecule has 2 aromatic heterocycles. The zero-order chi connectivity index (χ0) is 23.4. The molecule has 2 heterocycles. The average Bonchev–Trinajstić information content (AvgIpc) is 3.22. The molecule has 0 bridgehead atoms. The van der Waals surface area contributed by atoms with Crippen LogP contribution in [0.25, 0.3) is 11.2 Å². The van der Waals surface area contributed by atoms with Gasteiger partial charge in [-0.3, -0.25) is 0 Å². The summed E-state index contributed by atoms with van der Waals surface area (Å²) in [6.45, 7) is 7.59. The molecular weight excluding hydrogens is 416 g/mol. The zero-order valence-electron chi connectivity index (χ0n) is 19.8. The van der Waals surface area contributed by atoms with Crippen LogP contribution >= 0.6 is 0 Å². The number of nitrogens with zero attached hydrogens (tertiary/aromatic N) is 5. The first-order chi connectivity index (χ1) is 15.9. The second-order valence-corrected chi connectivity index (χ2v) is 8.92. The molecule has 0 saturated carbocycles. The molecule has 1 N–H and O–H groups in total. The number of benzene rings is 2. The Hall–Kier alpha value is -3.68. The van der Waals surface area contributed by atoms with Crippen LogP contribution in [0.4, 0.5) is 5.82 Å². The lowest BCUT2D eigenvalue weighted by Gasteiger charge is -2.18. The highest BCUT2D eigenvalue weighted by Gasteiger charge is 2.22. The first-order valence-electron chi connectivity index (χ1n) is 11.0. The zero-order valence-corrected chi connectivity index (χ0v) is 19.8. The predicted octanol–water partition coefficient (Wildman–Crippen LogP) is 4.24. The summed E-state index contributed by atoms with van der Waals surface area (Å²) in [6, 6.07) is 16.1. The molecule has 0 radical (unpaired) electrons. The number of hydrogen-bond acceptors (Lipinski definition) is 7. The van der Waals surface area contributed by atoms with Gasteiger partial charge in [-0.1, -0.05) is 62.4 Å². The lowest BCUT2D eigenvalue weighted by atomic mass is 9.96. The van der Waals surface area contributed by atoms with Crippen LogP contribution in [-0.4, -0.2) is 45.7 Å². The van der Waals surface area contributed by atoms with E-state index in [2.05, 4.69) is 48.5 Å². The molecule has 0 amide bonds. The lowest BCUT2D eigenvalue weighted by Crippen LogP contribution is -2.19. The smallest absolute Gasteiger partial charge is 0.184 e. The predicted molar refractivity (Wildman–Crippen MR) is 129 cm³/mol. The van der Waals surface area contributed by atoms with Crippen LogP contribution in [-0.2, 0) is 18.4 Å². The van der Waals surface area contributed by atoms with Crippen molar-refractivity contribution in [3.63, 3.8) is 0 Å². The van der Waals surface area contributed by atoms with Crippen molar-refractivity contribution >= 4 is 17.0 Å². The van der Waals surface area contributed by atoms with Gasteiger partial charge in [0.15, 0.2) is 28.5 Å². The van der Waals surface area contributed by atoms with Crippen molar-refractivity contribution < 1.29 is 9.47 Å². The molecule has 33 heavy (non-hydrogen) atoms. The molecule has 4 rings (SSSR count). The largest absolute Gasteiger partial charge is 0.493 e. The van der Waals surface area contributed by atoms with E-state index in [1.54, 1.807) is 14.2 Å². The maximum Gasteiger partial charge on any atom is 0.184 e. The van der Waals surface area contributed by atoms with Crippen LogP contribution in [0.1, 0.15) is 37.7 Å². The summed E-state index contributed by atoms with van der Waals surface area (Å²) in [6.07, 6.45) is 0.787. The van der Waals surface area contributed by atoms with Crippen LogP contribution in [0, 0.1) is 0 Å². The van der Waals surface area contributed by atoms with E-state index < -0.39 is 0 Å². The molecule has 0 saturated heterocycles. The number of anilines is 1. The fourth-order valence-corrected chi connectivity index (χ4v) is 3.54. The molecule has 8 nitrogen and oxygen atoms in total. The molecule has 2 aromatic carbocycles. The third-order valence-electron chi connectivity index (χ3n) is 5.36. The highest BCUT2D eigenvalue weighted by molar-refractivity contribution is 5.82. The molecule has 0 aliphatic carbocycles. The Morgan fingerprint density at radius 3 is 2.36 bits per heavy atom. The van der Waals surface area contributed by atoms with Crippen molar-refractivity contribution in [1.82, 2.24) is 25.0 Å². The minimum Gasteiger partial charge on any atom is -0.493 e. The van der Waals surface area contributed by atoms with Crippen molar-refractivity contribution in [3.8, 4) is 11.5 Å². The average molecular weight is 447 g/mol. The van der Waals surface area contributed by atoms with Crippen LogP contribution in [0.3, 0.4) is 0 Å². The first-order valence-corrected chi connectivity index (χ1v) is 11.0. The van der Waals surface area contributed by atoms with Crippen LogP contribution in [0.15, 0.2) is 48.5 Å². The van der Waals surface area contributed by atoms with Crippen LogP contribution in [0.5, 0.6) is 11.5 Å². The number of methoxy groups -OCH3 is 2. The van der Waals surface area contributed by atoms with Gasteiger partial charge in [0.1, 0.15) is 5.82 Å². The molecule has 0 atom stereocenters. The van der Waals surface area contributed by atoms with Gasteiger partial charge >= 0.3 is 0 Å². The Labute approximate surface area is 194 Å². The highest BCUT2D eigenvalue weighted by Crippen LogP contribution is 2.28. The fraction of sp³-hybridized carbons (Fsp3) is 0.360. The topological polar surface area (TPSA) is 87.0 Å². The maximum absolute atomic E-state index is 5.42. The van der Waals surface area contributed by atoms with E-state index in [0.29, 0.717) is 24.4 Å². The molecule has 0 spiro atoms. The third-order valence-corrected chi connectivity index (χ3v) is 5.36. The van der Waals surface area contributed by atoms with E-state index >= 15 is 0 Å². The van der Waals surface area contributed by atoms with E-state index in [1.165, 1.54) is 0 Å². The van der Waals surface area contributed by atoms with E-state index in [9.17, 15) is 0 Å². The van der Waals surface area contributed by atoms with Gasteiger partial charge < -0.3 is 14.8 Å². The standard InChI is InChI=1S/C25H30N6O2/c1-25(2,3)24-27-22(26-14-13-17-11-12-19(32-4)20(15-17)33-5)21-23(28-24)31(30-29-21)16-18-9-7-6-8-10-18/h6-12,15H,13-14,16H2,1-5H3,(H,26,27,28). The number of nitrogens with one attached hydrogen (secondary N) is 1. The molecule has 0 aliphatic rings. The van der Waals surface area contributed by atoms with Gasteiger partial charge in [0.2, 0.25) is 0 Å². The van der Waals surface area contributed by atoms with E-state index in [1.807, 2.05) is 41.1 Å². The number of fused-ring (bicyclic) bond motifs is 1. The summed E-state index contributed by atoms with van der Waals surface area (Å²) in [4.78, 5) is 9.63. The SMILES string of the molecule is COc1ccc(CCNc2nc(C(C)(C)C)nc3c2nnn3Cc2ccccc2)cc1OC. The normalized spacial score (nSPS) is 11.5. The summed E-state index contributed by atoms with van der Waals surface area (Å²) in [7, 11) is 3.28. The van der Waals surface area contributed by atoms with Crippen LogP contribution < -0.4 is 14.8 Å². The molecule has 4 aromatic rings. The summed E-state index contributed by atoms with van der Waals surface area (Å²) >= 11 is 0. The summed E-state index contributed by atoms with van der Waals surface area (Å²) < 4.78 is 12.6. The Morgan fingerprint density at radius 2 is 1.67 bits per heavy atom. The van der Waals surface area contributed by atoms with Crippen LogP contribution in [0.2, 0.25) is 0 Å². The van der Waals surface area contributed by atoms with E-state index in [0.717, 1.165) is 40.5 Å². The second kappa shape index (κ2) is 9.44. The monoisotopic (exact) mass is 446 g/mol. The highest BCUT2D eigenvalue weighted by atomic mass is 16.5. The molecule has 8 heteroatoms. The second-order valence-electron chi connectivity index (χ2n) is 8.92. The minimum atomic E-state index is -0.212. The van der Waals surface area contributed by atoms with Gasteiger partial charge in [-0.05, 0) is 29.7 Å². The van der Waals surface area contributed by atoms with Crippen molar-refractivity contribution in [2.45, 2.75) is 39.2 Å². The fourth-order valence-electron chi connectivity index (χ4n) is 3.54.